The van der Waals surface area contributed by atoms with Crippen LogP contribution in [0.4, 0.5) is 0 Å². The molecule has 2 aromatic rings. The number of rotatable bonds is 7. The van der Waals surface area contributed by atoms with Crippen LogP contribution in [-0.2, 0) is 25.5 Å². The summed E-state index contributed by atoms with van der Waals surface area (Å²) in [5.41, 5.74) is 2.14. The predicted octanol–water partition coefficient (Wildman–Crippen LogP) is 0.957. The molecule has 1 amide bonds. The lowest BCUT2D eigenvalue weighted by molar-refractivity contribution is -0.249. The normalized spacial score (nSPS) is 27.4. The first-order valence-corrected chi connectivity index (χ1v) is 13.9. The van der Waals surface area contributed by atoms with E-state index in [-0.39, 0.29) is 72.1 Å². The molecule has 2 aliphatic carbocycles. The largest absolute Gasteiger partial charge is 0.507 e. The lowest BCUT2D eigenvalue weighted by Crippen LogP contribution is -2.55. The first-order chi connectivity index (χ1) is 20.3. The molecule has 0 spiro atoms. The third-order valence-electron chi connectivity index (χ3n) is 8.47. The minimum atomic E-state index is -2.06. The Labute approximate surface area is 258 Å². The zero-order valence-corrected chi connectivity index (χ0v) is 25.1. The van der Waals surface area contributed by atoms with Gasteiger partial charge >= 0.3 is 0 Å². The van der Waals surface area contributed by atoms with Crippen LogP contribution in [-0.4, -0.2) is 87.5 Å². The van der Waals surface area contributed by atoms with Crippen LogP contribution < -0.4 is 15.8 Å². The molecule has 1 aliphatic heterocycles. The molecular weight excluding hydrogens is 600 g/mol. The van der Waals surface area contributed by atoms with Crippen molar-refractivity contribution < 1.29 is 53.8 Å². The maximum Gasteiger partial charge on any atom is 0.221 e. The summed E-state index contributed by atoms with van der Waals surface area (Å²) in [6.45, 7) is 2.83. The van der Waals surface area contributed by atoms with Gasteiger partial charge in [0.15, 0.2) is 17.9 Å². The first-order valence-electron chi connectivity index (χ1n) is 13.9. The molecule has 3 aliphatic rings. The van der Waals surface area contributed by atoms with Gasteiger partial charge in [-0.1, -0.05) is 12.1 Å². The number of aromatic hydroxyl groups is 2. The van der Waals surface area contributed by atoms with E-state index in [1.165, 1.54) is 25.3 Å². The molecule has 44 heavy (non-hydrogen) atoms. The highest BCUT2D eigenvalue weighted by Crippen LogP contribution is 2.52. The number of carbonyl (C=O) groups excluding carboxylic acids is 4. The second kappa shape index (κ2) is 12.4. The summed E-state index contributed by atoms with van der Waals surface area (Å²) in [7, 11) is 1.33. The molecule has 238 valence electrons. The number of amides is 1. The number of phenols is 2. The molecule has 1 heterocycles. The number of ketones is 3. The SMILES string of the molecule is COc1cccc2c1C(=O)c1c(O)c3c(c(O)c1C2=O)C[C@@](O)(C(C)=O)CC3OC1CC(NC(=O)CCN)C(O)C(C)O1.Cl. The number of phenolic OH excluding ortho intramolecular Hbond substituents is 2. The van der Waals surface area contributed by atoms with Gasteiger partial charge in [0.1, 0.15) is 29.0 Å². The van der Waals surface area contributed by atoms with E-state index in [2.05, 4.69) is 5.32 Å². The summed E-state index contributed by atoms with van der Waals surface area (Å²) in [6, 6.07) is 3.60. The van der Waals surface area contributed by atoms with Crippen molar-refractivity contribution in [2.45, 2.75) is 75.8 Å². The van der Waals surface area contributed by atoms with Crippen molar-refractivity contribution in [3.63, 3.8) is 0 Å². The Balaban J connectivity index is 0.00000442. The Bertz CT molecular complexity index is 1530. The van der Waals surface area contributed by atoms with Gasteiger partial charge in [-0.05, 0) is 19.9 Å². The Kier molecular flexibility index (Phi) is 9.40. The van der Waals surface area contributed by atoms with Crippen molar-refractivity contribution in [3.05, 3.63) is 51.6 Å². The van der Waals surface area contributed by atoms with Gasteiger partial charge in [0.05, 0.1) is 42.0 Å². The van der Waals surface area contributed by atoms with E-state index in [1.807, 2.05) is 0 Å². The average Bonchev–Trinajstić information content (AvgIpc) is 2.95. The number of ether oxygens (including phenoxy) is 3. The molecule has 1 fully saturated rings. The predicted molar refractivity (Wildman–Crippen MR) is 155 cm³/mol. The maximum atomic E-state index is 13.8. The molecule has 7 N–H and O–H groups in total. The van der Waals surface area contributed by atoms with Crippen molar-refractivity contribution >= 4 is 35.7 Å². The molecule has 5 unspecified atom stereocenters. The van der Waals surface area contributed by atoms with Gasteiger partial charge in [0.2, 0.25) is 11.7 Å². The number of hydrogen-bond donors (Lipinski definition) is 6. The zero-order chi connectivity index (χ0) is 31.4. The van der Waals surface area contributed by atoms with E-state index in [1.54, 1.807) is 6.92 Å². The number of aliphatic hydroxyl groups excluding tert-OH is 1. The number of benzene rings is 2. The molecule has 13 nitrogen and oxygen atoms in total. The summed E-state index contributed by atoms with van der Waals surface area (Å²) in [6.07, 6.45) is -5.20. The maximum absolute atomic E-state index is 13.8. The highest BCUT2D eigenvalue weighted by Gasteiger charge is 2.49. The topological polar surface area (TPSA) is 215 Å². The molecule has 14 heteroatoms. The number of hydrogen-bond acceptors (Lipinski definition) is 12. The van der Waals surface area contributed by atoms with Gasteiger partial charge in [-0.2, -0.15) is 0 Å². The van der Waals surface area contributed by atoms with Crippen LogP contribution in [0.5, 0.6) is 17.2 Å². The fourth-order valence-electron chi connectivity index (χ4n) is 6.18. The molecule has 5 rings (SSSR count). The minimum absolute atomic E-state index is 0. The van der Waals surface area contributed by atoms with Gasteiger partial charge in [-0.25, -0.2) is 0 Å². The van der Waals surface area contributed by atoms with Gasteiger partial charge in [0.25, 0.3) is 0 Å². The van der Waals surface area contributed by atoms with E-state index in [0.29, 0.717) is 0 Å². The van der Waals surface area contributed by atoms with Crippen molar-refractivity contribution in [3.8, 4) is 17.2 Å². The van der Waals surface area contributed by atoms with Crippen LogP contribution in [0.2, 0.25) is 0 Å². The minimum Gasteiger partial charge on any atom is -0.507 e. The molecule has 0 saturated carbocycles. The van der Waals surface area contributed by atoms with E-state index in [9.17, 15) is 39.6 Å². The second-order valence-corrected chi connectivity index (χ2v) is 11.2. The number of halogens is 1. The third-order valence-corrected chi connectivity index (χ3v) is 8.47. The van der Waals surface area contributed by atoms with Crippen LogP contribution >= 0.6 is 12.4 Å². The molecule has 1 saturated heterocycles. The molecule has 2 aromatic carbocycles. The van der Waals surface area contributed by atoms with Crippen molar-refractivity contribution in [2.24, 2.45) is 5.73 Å². The second-order valence-electron chi connectivity index (χ2n) is 11.2. The van der Waals surface area contributed by atoms with Crippen LogP contribution in [0.3, 0.4) is 0 Å². The van der Waals surface area contributed by atoms with Gasteiger partial charge < -0.3 is 45.7 Å². The van der Waals surface area contributed by atoms with Gasteiger partial charge in [-0.3, -0.25) is 19.2 Å². The van der Waals surface area contributed by atoms with Crippen molar-refractivity contribution in [1.29, 1.82) is 0 Å². The number of fused-ring (bicyclic) bond motifs is 3. The highest BCUT2D eigenvalue weighted by atomic mass is 35.5. The molecule has 0 aromatic heterocycles. The Morgan fingerprint density at radius 3 is 2.45 bits per heavy atom. The average molecular weight is 635 g/mol. The first kappa shape index (κ1) is 33.3. The molecule has 0 bridgehead atoms. The van der Waals surface area contributed by atoms with E-state index >= 15 is 0 Å². The summed E-state index contributed by atoms with van der Waals surface area (Å²) >= 11 is 0. The smallest absolute Gasteiger partial charge is 0.221 e. The zero-order valence-electron chi connectivity index (χ0n) is 24.3. The van der Waals surface area contributed by atoms with Crippen molar-refractivity contribution in [1.82, 2.24) is 5.32 Å². The van der Waals surface area contributed by atoms with Crippen molar-refractivity contribution in [2.75, 3.05) is 13.7 Å². The molecule has 6 atom stereocenters. The van der Waals surface area contributed by atoms with Crippen LogP contribution in [0.15, 0.2) is 18.2 Å². The van der Waals surface area contributed by atoms with Gasteiger partial charge in [-0.15, -0.1) is 12.4 Å². The summed E-state index contributed by atoms with van der Waals surface area (Å²) in [5, 5.41) is 47.7. The summed E-state index contributed by atoms with van der Waals surface area (Å²) in [5.74, 6) is -3.77. The standard InChI is InChI=1S/C30H34N2O11.ClH/c1-12-25(35)16(32-19(34)7-8-31)9-20(42-12)43-18-11-30(40,13(2)33)10-15-22(18)29(39)24-23(27(15)37)26(36)14-5-4-6-17(41-3)21(14)28(24)38;/h4-6,12,16,18,20,25,35,37,39-40H,7-11,31H2,1-3H3,(H,32,34);1H/t12?,16?,18?,20?,25?,30-;/m0./s1. The Morgan fingerprint density at radius 1 is 1.14 bits per heavy atom. The van der Waals surface area contributed by atoms with Crippen LogP contribution in [0.1, 0.15) is 82.2 Å². The quantitative estimate of drug-likeness (QED) is 0.200. The number of carbonyl (C=O) groups is 4. The fraction of sp³-hybridized carbons (Fsp3) is 0.467. The lowest BCUT2D eigenvalue weighted by Gasteiger charge is -2.42. The number of nitrogens with two attached hydrogens (primary N) is 1. The third kappa shape index (κ3) is 5.44. The Morgan fingerprint density at radius 2 is 1.82 bits per heavy atom. The van der Waals surface area contributed by atoms with Crippen LogP contribution in [0, 0.1) is 0 Å². The van der Waals surface area contributed by atoms with E-state index in [4.69, 9.17) is 19.9 Å². The summed E-state index contributed by atoms with van der Waals surface area (Å²) in [4.78, 5) is 52.2. The monoisotopic (exact) mass is 634 g/mol. The highest BCUT2D eigenvalue weighted by molar-refractivity contribution is 6.31. The molecular formula is C30H35ClN2O11. The molecule has 0 radical (unpaired) electrons. The number of nitrogens with one attached hydrogen (secondary N) is 1. The lowest BCUT2D eigenvalue weighted by atomic mass is 9.72. The fourth-order valence-corrected chi connectivity index (χ4v) is 6.18. The van der Waals surface area contributed by atoms with E-state index < -0.39 is 82.6 Å². The number of methoxy groups -OCH3 is 1. The van der Waals surface area contributed by atoms with Gasteiger partial charge in [0, 0.05) is 48.9 Å². The summed E-state index contributed by atoms with van der Waals surface area (Å²) < 4.78 is 17.3. The number of aliphatic hydroxyl groups is 2. The van der Waals surface area contributed by atoms with Crippen LogP contribution in [0.25, 0.3) is 0 Å². The van der Waals surface area contributed by atoms with E-state index in [0.717, 1.165) is 6.92 Å². The Hall–Kier alpha value is -3.59. The number of Topliss-reactive ketones (excluding diaryl/α,β-unsaturated/α-hetero) is 1.